The van der Waals surface area contributed by atoms with Gasteiger partial charge < -0.3 is 13.7 Å². The van der Waals surface area contributed by atoms with Crippen LogP contribution >= 0.6 is 0 Å². The Morgan fingerprint density at radius 3 is 1.20 bits per heavy atom. The molecule has 0 unspecified atom stereocenters. The third-order valence-electron chi connectivity index (χ3n) is 11.1. The van der Waals surface area contributed by atoms with Crippen LogP contribution in [-0.4, -0.2) is 13.7 Å². The van der Waals surface area contributed by atoms with Gasteiger partial charge in [-0.15, -0.1) is 0 Å². The Morgan fingerprint density at radius 2 is 0.709 bits per heavy atom. The maximum absolute atomic E-state index is 10.6. The maximum atomic E-state index is 10.6. The van der Waals surface area contributed by atoms with Crippen LogP contribution in [0.1, 0.15) is 11.1 Å². The number of hydrogen-bond donors (Lipinski definition) is 0. The van der Waals surface area contributed by atoms with Crippen LogP contribution in [0.25, 0.3) is 93.6 Å². The van der Waals surface area contributed by atoms with Crippen molar-refractivity contribution in [1.29, 1.82) is 10.5 Å². The molecule has 55 heavy (non-hydrogen) atoms. The van der Waals surface area contributed by atoms with E-state index in [1.165, 1.54) is 0 Å². The summed E-state index contributed by atoms with van der Waals surface area (Å²) in [4.78, 5) is 0. The number of aromatic nitrogens is 3. The van der Waals surface area contributed by atoms with Gasteiger partial charge in [0.05, 0.1) is 55.6 Å². The fourth-order valence-corrected chi connectivity index (χ4v) is 8.72. The monoisotopic (exact) mass is 699 g/mol. The molecule has 3 aromatic heterocycles. The number of para-hydroxylation sites is 5. The van der Waals surface area contributed by atoms with Crippen molar-refractivity contribution in [2.75, 3.05) is 0 Å². The Bertz CT molecular complexity index is 3350. The van der Waals surface area contributed by atoms with Crippen LogP contribution < -0.4 is 0 Å². The molecule has 0 bridgehead atoms. The number of hydrogen-bond acceptors (Lipinski definition) is 2. The van der Waals surface area contributed by atoms with E-state index in [0.29, 0.717) is 11.1 Å². The molecule has 11 aromatic rings. The third-order valence-corrected chi connectivity index (χ3v) is 11.1. The summed E-state index contributed by atoms with van der Waals surface area (Å²) in [5.41, 5.74) is 12.2. The first-order valence-electron chi connectivity index (χ1n) is 18.3. The molecule has 0 aliphatic carbocycles. The van der Waals surface area contributed by atoms with Gasteiger partial charge in [0.2, 0.25) is 0 Å². The molecule has 0 amide bonds. The molecule has 0 radical (unpaired) electrons. The molecule has 0 N–H and O–H groups in total. The van der Waals surface area contributed by atoms with Gasteiger partial charge in [0.1, 0.15) is 12.1 Å². The quantitative estimate of drug-likeness (QED) is 0.184. The highest BCUT2D eigenvalue weighted by atomic mass is 15.0. The van der Waals surface area contributed by atoms with Crippen molar-refractivity contribution in [2.24, 2.45) is 0 Å². The standard InChI is InChI=1S/C50H29N5/c51-30-34-27-33(23-26-43(34)54-45-17-7-1-11-37(45)38-12-2-8-18-46(38)54)32-21-24-36(25-22-32)53-44-16-6-5-15-41(44)42-29-49(35(31-52)28-50(42)53)55-47-19-9-3-13-39(47)40-14-4-10-20-48(40)55/h1-29H. The minimum Gasteiger partial charge on any atom is -0.309 e. The molecule has 0 fully saturated rings. The summed E-state index contributed by atoms with van der Waals surface area (Å²) in [6.07, 6.45) is 0. The summed E-state index contributed by atoms with van der Waals surface area (Å²) in [5.74, 6) is 0. The second kappa shape index (κ2) is 11.8. The first-order chi connectivity index (χ1) is 27.2. The van der Waals surface area contributed by atoms with Gasteiger partial charge >= 0.3 is 0 Å². The average Bonchev–Trinajstić information content (AvgIpc) is 3.88. The lowest BCUT2D eigenvalue weighted by atomic mass is 10.0. The number of nitriles is 2. The fraction of sp³-hybridized carbons (Fsp3) is 0. The Kier molecular flexibility index (Phi) is 6.61. The lowest BCUT2D eigenvalue weighted by molar-refractivity contribution is 1.16. The lowest BCUT2D eigenvalue weighted by Gasteiger charge is -2.13. The molecular weight excluding hydrogens is 671 g/mol. The highest BCUT2D eigenvalue weighted by Gasteiger charge is 2.20. The highest BCUT2D eigenvalue weighted by molar-refractivity contribution is 6.13. The molecule has 254 valence electrons. The summed E-state index contributed by atoms with van der Waals surface area (Å²) in [5, 5.41) is 27.9. The average molecular weight is 700 g/mol. The molecule has 3 heterocycles. The molecule has 11 rings (SSSR count). The topological polar surface area (TPSA) is 62.4 Å². The van der Waals surface area contributed by atoms with Crippen molar-refractivity contribution in [3.05, 3.63) is 187 Å². The fourth-order valence-electron chi connectivity index (χ4n) is 8.72. The number of benzene rings is 8. The van der Waals surface area contributed by atoms with E-state index in [1.807, 2.05) is 24.3 Å². The number of nitrogens with zero attached hydrogens (tertiary/aromatic N) is 5. The minimum atomic E-state index is 0.604. The molecule has 5 heteroatoms. The van der Waals surface area contributed by atoms with E-state index in [0.717, 1.165) is 93.6 Å². The predicted molar refractivity (Wildman–Crippen MR) is 224 cm³/mol. The number of fused-ring (bicyclic) bond motifs is 9. The molecule has 5 nitrogen and oxygen atoms in total. The van der Waals surface area contributed by atoms with Gasteiger partial charge in [-0.1, -0.05) is 109 Å². The largest absolute Gasteiger partial charge is 0.309 e. The second-order valence-electron chi connectivity index (χ2n) is 14.0. The van der Waals surface area contributed by atoms with E-state index < -0.39 is 0 Å². The van der Waals surface area contributed by atoms with Gasteiger partial charge in [-0.05, 0) is 77.9 Å². The normalized spacial score (nSPS) is 11.6. The Morgan fingerprint density at radius 1 is 0.309 bits per heavy atom. The molecule has 0 saturated carbocycles. The molecule has 8 aromatic carbocycles. The minimum absolute atomic E-state index is 0.604. The van der Waals surface area contributed by atoms with E-state index in [2.05, 4.69) is 177 Å². The molecule has 0 atom stereocenters. The zero-order valence-corrected chi connectivity index (χ0v) is 29.5. The smallest absolute Gasteiger partial charge is 0.101 e. The first kappa shape index (κ1) is 30.7. The van der Waals surface area contributed by atoms with Gasteiger partial charge in [0.15, 0.2) is 0 Å². The Balaban J connectivity index is 1.04. The van der Waals surface area contributed by atoms with Crippen LogP contribution in [0.15, 0.2) is 176 Å². The lowest BCUT2D eigenvalue weighted by Crippen LogP contribution is -1.99. The van der Waals surface area contributed by atoms with Gasteiger partial charge in [-0.25, -0.2) is 0 Å². The van der Waals surface area contributed by atoms with Crippen molar-refractivity contribution in [3.63, 3.8) is 0 Å². The van der Waals surface area contributed by atoms with Gasteiger partial charge in [0.25, 0.3) is 0 Å². The predicted octanol–water partition coefficient (Wildman–Crippen LogP) is 12.4. The van der Waals surface area contributed by atoms with E-state index in [4.69, 9.17) is 0 Å². The zero-order chi connectivity index (χ0) is 36.6. The van der Waals surface area contributed by atoms with Crippen molar-refractivity contribution < 1.29 is 0 Å². The van der Waals surface area contributed by atoms with Crippen molar-refractivity contribution >= 4 is 65.4 Å². The Labute approximate surface area is 316 Å². The van der Waals surface area contributed by atoms with E-state index in [9.17, 15) is 10.5 Å². The van der Waals surface area contributed by atoms with Gasteiger partial charge in [-0.2, -0.15) is 10.5 Å². The second-order valence-corrected chi connectivity index (χ2v) is 14.0. The SMILES string of the molecule is N#Cc1cc(-c2ccc(-n3c4ccccc4c4cc(-n5c6ccccc6c6ccccc65)c(C#N)cc43)cc2)ccc1-n1c2ccccc2c2ccccc21. The molecule has 0 aliphatic heterocycles. The molecule has 0 aliphatic rings. The molecular formula is C50H29N5. The van der Waals surface area contributed by atoms with Crippen molar-refractivity contribution in [3.8, 4) is 40.3 Å². The summed E-state index contributed by atoms with van der Waals surface area (Å²) in [6, 6.07) is 65.8. The third kappa shape index (κ3) is 4.45. The van der Waals surface area contributed by atoms with Crippen LogP contribution in [0.2, 0.25) is 0 Å². The summed E-state index contributed by atoms with van der Waals surface area (Å²) in [6.45, 7) is 0. The number of rotatable bonds is 4. The van der Waals surface area contributed by atoms with Crippen LogP contribution in [0.4, 0.5) is 0 Å². The van der Waals surface area contributed by atoms with Gasteiger partial charge in [-0.3, -0.25) is 0 Å². The van der Waals surface area contributed by atoms with E-state index in [-0.39, 0.29) is 0 Å². The van der Waals surface area contributed by atoms with Crippen LogP contribution in [0, 0.1) is 22.7 Å². The van der Waals surface area contributed by atoms with E-state index >= 15 is 0 Å². The maximum Gasteiger partial charge on any atom is 0.101 e. The van der Waals surface area contributed by atoms with Crippen LogP contribution in [0.3, 0.4) is 0 Å². The zero-order valence-electron chi connectivity index (χ0n) is 29.5. The van der Waals surface area contributed by atoms with Crippen LogP contribution in [0.5, 0.6) is 0 Å². The Hall–Kier alpha value is -7.86. The first-order valence-corrected chi connectivity index (χ1v) is 18.3. The van der Waals surface area contributed by atoms with Crippen molar-refractivity contribution in [2.45, 2.75) is 0 Å². The van der Waals surface area contributed by atoms with Gasteiger partial charge in [0, 0.05) is 38.0 Å². The summed E-state index contributed by atoms with van der Waals surface area (Å²) < 4.78 is 6.67. The van der Waals surface area contributed by atoms with Crippen LogP contribution in [-0.2, 0) is 0 Å². The molecule has 0 spiro atoms. The summed E-state index contributed by atoms with van der Waals surface area (Å²) >= 11 is 0. The highest BCUT2D eigenvalue weighted by Crippen LogP contribution is 2.39. The van der Waals surface area contributed by atoms with E-state index in [1.54, 1.807) is 0 Å². The molecule has 0 saturated heterocycles. The summed E-state index contributed by atoms with van der Waals surface area (Å²) in [7, 11) is 0. The van der Waals surface area contributed by atoms with Crippen molar-refractivity contribution in [1.82, 2.24) is 13.7 Å².